The molecular formula is C17H19NO3S2. The van der Waals surface area contributed by atoms with Gasteiger partial charge in [0.25, 0.3) is 0 Å². The summed E-state index contributed by atoms with van der Waals surface area (Å²) in [6.07, 6.45) is 4.02. The van der Waals surface area contributed by atoms with Gasteiger partial charge in [-0.1, -0.05) is 6.92 Å². The van der Waals surface area contributed by atoms with Gasteiger partial charge in [-0.2, -0.15) is 0 Å². The Morgan fingerprint density at radius 2 is 1.91 bits per heavy atom. The molecule has 0 aliphatic heterocycles. The smallest absolute Gasteiger partial charge is 0.240 e. The van der Waals surface area contributed by atoms with E-state index in [1.54, 1.807) is 17.4 Å². The van der Waals surface area contributed by atoms with Gasteiger partial charge in [0.2, 0.25) is 10.0 Å². The number of allylic oxidation sites excluding steroid dienone is 1. The van der Waals surface area contributed by atoms with Gasteiger partial charge in [-0.25, -0.2) is 13.1 Å². The lowest BCUT2D eigenvalue weighted by atomic mass is 10.1. The molecule has 0 amide bonds. The van der Waals surface area contributed by atoms with Gasteiger partial charge < -0.3 is 0 Å². The SMILES string of the molecule is CCCNS(=O)(=O)c1ccc(C(=O)/C=C/c2sccc2C)cc1. The van der Waals surface area contributed by atoms with E-state index in [0.717, 1.165) is 16.9 Å². The van der Waals surface area contributed by atoms with Crippen LogP contribution in [0.4, 0.5) is 0 Å². The fraction of sp³-hybridized carbons (Fsp3) is 0.235. The molecule has 1 N–H and O–H groups in total. The molecule has 23 heavy (non-hydrogen) atoms. The molecule has 122 valence electrons. The summed E-state index contributed by atoms with van der Waals surface area (Å²) in [6, 6.07) is 7.98. The quantitative estimate of drug-likeness (QED) is 0.613. The molecule has 0 atom stereocenters. The molecule has 0 aliphatic rings. The second kappa shape index (κ2) is 7.68. The summed E-state index contributed by atoms with van der Waals surface area (Å²) in [5.41, 5.74) is 1.59. The average molecular weight is 349 g/mol. The van der Waals surface area contributed by atoms with Crippen molar-refractivity contribution in [2.45, 2.75) is 25.2 Å². The molecule has 0 spiro atoms. The third-order valence-corrected chi connectivity index (χ3v) is 5.74. The number of carbonyl (C=O) groups is 1. The minimum atomic E-state index is -3.50. The van der Waals surface area contributed by atoms with Gasteiger partial charge in [-0.15, -0.1) is 11.3 Å². The Bertz CT molecular complexity index is 803. The van der Waals surface area contributed by atoms with E-state index in [4.69, 9.17) is 0 Å². The van der Waals surface area contributed by atoms with E-state index < -0.39 is 10.0 Å². The summed E-state index contributed by atoms with van der Waals surface area (Å²) in [5, 5.41) is 1.97. The van der Waals surface area contributed by atoms with Crippen LogP contribution in [0.1, 0.15) is 34.1 Å². The molecule has 0 fully saturated rings. The van der Waals surface area contributed by atoms with Crippen LogP contribution in [-0.2, 0) is 10.0 Å². The van der Waals surface area contributed by atoms with Crippen LogP contribution in [0.2, 0.25) is 0 Å². The van der Waals surface area contributed by atoms with E-state index in [0.29, 0.717) is 12.1 Å². The first-order valence-electron chi connectivity index (χ1n) is 7.30. The standard InChI is InChI=1S/C17H19NO3S2/c1-3-11-18-23(20,21)15-6-4-14(5-7-15)16(19)8-9-17-13(2)10-12-22-17/h4-10,12,18H,3,11H2,1-2H3/b9-8+. The second-order valence-corrected chi connectivity index (χ2v) is 7.80. The van der Waals surface area contributed by atoms with Crippen molar-refractivity contribution in [3.05, 3.63) is 57.8 Å². The van der Waals surface area contributed by atoms with Crippen LogP contribution >= 0.6 is 11.3 Å². The summed E-state index contributed by atoms with van der Waals surface area (Å²) >= 11 is 1.57. The zero-order valence-corrected chi connectivity index (χ0v) is 14.7. The Morgan fingerprint density at radius 3 is 2.48 bits per heavy atom. The number of aryl methyl sites for hydroxylation is 1. The van der Waals surface area contributed by atoms with Crippen molar-refractivity contribution in [1.82, 2.24) is 4.72 Å². The van der Waals surface area contributed by atoms with Crippen LogP contribution in [0.3, 0.4) is 0 Å². The number of rotatable bonds is 7. The summed E-state index contributed by atoms with van der Waals surface area (Å²) in [6.45, 7) is 4.28. The van der Waals surface area contributed by atoms with Gasteiger partial charge in [-0.05, 0) is 66.8 Å². The van der Waals surface area contributed by atoms with E-state index in [-0.39, 0.29) is 10.7 Å². The predicted octanol–water partition coefficient (Wildman–Crippen LogP) is 3.64. The number of benzene rings is 1. The van der Waals surface area contributed by atoms with E-state index in [1.165, 1.54) is 30.3 Å². The zero-order valence-electron chi connectivity index (χ0n) is 13.1. The highest BCUT2D eigenvalue weighted by Crippen LogP contribution is 2.18. The molecule has 2 rings (SSSR count). The first-order chi connectivity index (χ1) is 10.9. The Labute approximate surface area is 140 Å². The Hall–Kier alpha value is -1.76. The summed E-state index contributed by atoms with van der Waals surface area (Å²) in [5.74, 6) is -0.150. The Balaban J connectivity index is 2.12. The van der Waals surface area contributed by atoms with Crippen LogP contribution in [0, 0.1) is 6.92 Å². The van der Waals surface area contributed by atoms with Crippen LogP contribution in [0.5, 0.6) is 0 Å². The van der Waals surface area contributed by atoms with Gasteiger partial charge in [0.15, 0.2) is 5.78 Å². The number of ketones is 1. The number of carbonyl (C=O) groups excluding carboxylic acids is 1. The van der Waals surface area contributed by atoms with Gasteiger partial charge in [0, 0.05) is 17.0 Å². The minimum absolute atomic E-state index is 0.150. The lowest BCUT2D eigenvalue weighted by Gasteiger charge is -2.05. The topological polar surface area (TPSA) is 63.2 Å². The highest BCUT2D eigenvalue weighted by Gasteiger charge is 2.13. The number of nitrogens with one attached hydrogen (secondary N) is 1. The van der Waals surface area contributed by atoms with Crippen LogP contribution in [0.25, 0.3) is 6.08 Å². The van der Waals surface area contributed by atoms with E-state index >= 15 is 0 Å². The molecule has 0 saturated carbocycles. The fourth-order valence-corrected chi connectivity index (χ4v) is 3.87. The molecule has 0 saturated heterocycles. The summed E-state index contributed by atoms with van der Waals surface area (Å²) in [7, 11) is -3.50. The molecule has 6 heteroatoms. The molecule has 0 aliphatic carbocycles. The maximum absolute atomic E-state index is 12.1. The molecule has 1 heterocycles. The summed E-state index contributed by atoms with van der Waals surface area (Å²) in [4.78, 5) is 13.3. The molecule has 2 aromatic rings. The maximum Gasteiger partial charge on any atom is 0.240 e. The van der Waals surface area contributed by atoms with E-state index in [9.17, 15) is 13.2 Å². The van der Waals surface area contributed by atoms with Crippen molar-refractivity contribution in [2.24, 2.45) is 0 Å². The minimum Gasteiger partial charge on any atom is -0.289 e. The largest absolute Gasteiger partial charge is 0.289 e. The normalized spacial score (nSPS) is 11.9. The molecule has 0 radical (unpaired) electrons. The highest BCUT2D eigenvalue weighted by atomic mass is 32.2. The third-order valence-electron chi connectivity index (χ3n) is 3.28. The van der Waals surface area contributed by atoms with Crippen molar-refractivity contribution in [3.63, 3.8) is 0 Å². The Kier molecular flexibility index (Phi) is 5.87. The van der Waals surface area contributed by atoms with Crippen molar-refractivity contribution in [2.75, 3.05) is 6.54 Å². The van der Waals surface area contributed by atoms with Gasteiger partial charge >= 0.3 is 0 Å². The van der Waals surface area contributed by atoms with Crippen molar-refractivity contribution < 1.29 is 13.2 Å². The zero-order chi connectivity index (χ0) is 16.9. The number of thiophene rings is 1. The molecule has 0 bridgehead atoms. The number of sulfonamides is 1. The van der Waals surface area contributed by atoms with Crippen LogP contribution in [-0.4, -0.2) is 20.7 Å². The van der Waals surface area contributed by atoms with E-state index in [2.05, 4.69) is 4.72 Å². The van der Waals surface area contributed by atoms with Crippen LogP contribution in [0.15, 0.2) is 46.7 Å². The lowest BCUT2D eigenvalue weighted by molar-refractivity contribution is 0.104. The number of hydrogen-bond acceptors (Lipinski definition) is 4. The average Bonchev–Trinajstić information content (AvgIpc) is 2.96. The molecule has 1 aromatic heterocycles. The first kappa shape index (κ1) is 17.6. The lowest BCUT2D eigenvalue weighted by Crippen LogP contribution is -2.24. The Morgan fingerprint density at radius 1 is 1.22 bits per heavy atom. The van der Waals surface area contributed by atoms with Gasteiger partial charge in [0.1, 0.15) is 0 Å². The van der Waals surface area contributed by atoms with Crippen molar-refractivity contribution in [1.29, 1.82) is 0 Å². The number of hydrogen-bond donors (Lipinski definition) is 1. The monoisotopic (exact) mass is 349 g/mol. The molecule has 1 aromatic carbocycles. The van der Waals surface area contributed by atoms with Crippen molar-refractivity contribution >= 4 is 33.2 Å². The van der Waals surface area contributed by atoms with Gasteiger partial charge in [-0.3, -0.25) is 4.79 Å². The van der Waals surface area contributed by atoms with E-state index in [1.807, 2.05) is 25.3 Å². The predicted molar refractivity (Wildman–Crippen MR) is 94.3 cm³/mol. The maximum atomic E-state index is 12.1. The molecular weight excluding hydrogens is 330 g/mol. The van der Waals surface area contributed by atoms with Crippen molar-refractivity contribution in [3.8, 4) is 0 Å². The van der Waals surface area contributed by atoms with Gasteiger partial charge in [0.05, 0.1) is 4.90 Å². The fourth-order valence-electron chi connectivity index (χ4n) is 1.92. The first-order valence-corrected chi connectivity index (χ1v) is 9.66. The van der Waals surface area contributed by atoms with Crippen LogP contribution < -0.4 is 4.72 Å². The third kappa shape index (κ3) is 4.60. The molecule has 4 nitrogen and oxygen atoms in total. The summed E-state index contributed by atoms with van der Waals surface area (Å²) < 4.78 is 26.5. The second-order valence-electron chi connectivity index (χ2n) is 5.09. The molecule has 0 unspecified atom stereocenters. The highest BCUT2D eigenvalue weighted by molar-refractivity contribution is 7.89.